The molecule has 3 radical (unpaired) electrons. The molecule has 3 nitrogen and oxygen atoms in total. The molecule has 4 rings (SSSR count). The normalized spacial score (nSPS) is 11.3. The first kappa shape index (κ1) is 12.2. The van der Waals surface area contributed by atoms with Crippen molar-refractivity contribution in [2.24, 2.45) is 0 Å². The van der Waals surface area contributed by atoms with E-state index in [0.29, 0.717) is 5.75 Å². The van der Waals surface area contributed by atoms with Crippen LogP contribution in [-0.2, 0) is 4.43 Å². The Morgan fingerprint density at radius 2 is 1.43 bits per heavy atom. The van der Waals surface area contributed by atoms with Crippen LogP contribution in [0.5, 0.6) is 5.75 Å². The van der Waals surface area contributed by atoms with E-state index in [0.717, 1.165) is 16.2 Å². The first-order valence-electron chi connectivity index (χ1n) is 6.50. The van der Waals surface area contributed by atoms with Crippen molar-refractivity contribution in [2.45, 2.75) is 0 Å². The minimum Gasteiger partial charge on any atom is -0.486 e. The smallest absolute Gasteiger partial charge is 0.486 e. The molecule has 0 atom stereocenters. The molecule has 0 fully saturated rings. The molecular formula is C17H9O3Si. The molecule has 21 heavy (non-hydrogen) atoms. The number of hydrogen-bond donors (Lipinski definition) is 0. The highest BCUT2D eigenvalue weighted by Crippen LogP contribution is 2.38. The summed E-state index contributed by atoms with van der Waals surface area (Å²) in [5, 5.41) is 6.65. The second kappa shape index (κ2) is 4.46. The molecular weight excluding hydrogens is 280 g/mol. The van der Waals surface area contributed by atoms with Crippen molar-refractivity contribution in [3.63, 3.8) is 0 Å². The highest BCUT2D eigenvalue weighted by Gasteiger charge is 2.13. The van der Waals surface area contributed by atoms with E-state index in [1.807, 2.05) is 24.3 Å². The predicted octanol–water partition coefficient (Wildman–Crippen LogP) is 4.18. The second-order valence-corrected chi connectivity index (χ2v) is 5.08. The van der Waals surface area contributed by atoms with Crippen LogP contribution in [0.2, 0.25) is 0 Å². The van der Waals surface area contributed by atoms with Gasteiger partial charge in [0.1, 0.15) is 5.75 Å². The van der Waals surface area contributed by atoms with E-state index in [1.54, 1.807) is 6.07 Å². The standard InChI is InChI=1S/C17H9O3Si/c18-17(20-21)19-14-9-7-12-5-4-10-2-1-3-11-6-8-13(14)16(12)15(10)11/h1-9H. The lowest BCUT2D eigenvalue weighted by Crippen LogP contribution is -2.08. The zero-order valence-corrected chi connectivity index (χ0v) is 11.9. The van der Waals surface area contributed by atoms with E-state index in [9.17, 15) is 4.79 Å². The summed E-state index contributed by atoms with van der Waals surface area (Å²) in [5.74, 6) is 0.490. The zero-order valence-electron chi connectivity index (χ0n) is 10.9. The number of carbonyl (C=O) groups excluding carboxylic acids is 1. The third kappa shape index (κ3) is 1.76. The predicted molar refractivity (Wildman–Crippen MR) is 83.0 cm³/mol. The van der Waals surface area contributed by atoms with Crippen LogP contribution >= 0.6 is 0 Å². The van der Waals surface area contributed by atoms with Crippen LogP contribution in [0, 0.1) is 0 Å². The Kier molecular flexibility index (Phi) is 2.59. The fourth-order valence-electron chi connectivity index (χ4n) is 2.91. The summed E-state index contributed by atoms with van der Waals surface area (Å²) >= 11 is 0. The number of benzene rings is 4. The average molecular weight is 289 g/mol. The van der Waals surface area contributed by atoms with E-state index in [2.05, 4.69) is 39.2 Å². The van der Waals surface area contributed by atoms with Crippen molar-refractivity contribution in [1.82, 2.24) is 0 Å². The topological polar surface area (TPSA) is 35.5 Å². The molecule has 99 valence electrons. The van der Waals surface area contributed by atoms with Gasteiger partial charge in [-0.05, 0) is 33.7 Å². The molecule has 0 heterocycles. The molecule has 0 spiro atoms. The molecule has 0 N–H and O–H groups in total. The van der Waals surface area contributed by atoms with E-state index >= 15 is 0 Å². The quantitative estimate of drug-likeness (QED) is 0.228. The van der Waals surface area contributed by atoms with Crippen molar-refractivity contribution < 1.29 is 14.0 Å². The fourth-order valence-corrected chi connectivity index (χ4v) is 2.95. The van der Waals surface area contributed by atoms with Crippen LogP contribution < -0.4 is 4.74 Å². The van der Waals surface area contributed by atoms with Gasteiger partial charge in [0.15, 0.2) is 0 Å². The molecule has 0 saturated carbocycles. The summed E-state index contributed by atoms with van der Waals surface area (Å²) < 4.78 is 9.60. The van der Waals surface area contributed by atoms with Crippen molar-refractivity contribution in [3.05, 3.63) is 54.6 Å². The van der Waals surface area contributed by atoms with Crippen LogP contribution in [0.15, 0.2) is 54.6 Å². The molecule has 0 aliphatic heterocycles. The van der Waals surface area contributed by atoms with Gasteiger partial charge >= 0.3 is 16.6 Å². The Bertz CT molecular complexity index is 962. The van der Waals surface area contributed by atoms with Gasteiger partial charge in [-0.2, -0.15) is 0 Å². The molecule has 0 aromatic heterocycles. The van der Waals surface area contributed by atoms with Crippen molar-refractivity contribution >= 4 is 49.0 Å². The molecule has 0 aliphatic carbocycles. The zero-order chi connectivity index (χ0) is 14.4. The lowest BCUT2D eigenvalue weighted by atomic mass is 9.94. The lowest BCUT2D eigenvalue weighted by Gasteiger charge is -2.13. The molecule has 0 bridgehead atoms. The van der Waals surface area contributed by atoms with Crippen molar-refractivity contribution in [1.29, 1.82) is 0 Å². The molecule has 0 unspecified atom stereocenters. The first-order chi connectivity index (χ1) is 10.3. The number of rotatable bonds is 1. The van der Waals surface area contributed by atoms with Gasteiger partial charge in [-0.3, -0.25) is 0 Å². The summed E-state index contributed by atoms with van der Waals surface area (Å²) in [6, 6.07) is 18.1. The van der Waals surface area contributed by atoms with Crippen molar-refractivity contribution in [3.8, 4) is 5.75 Å². The fraction of sp³-hybridized carbons (Fsp3) is 0. The number of hydrogen-bond acceptors (Lipinski definition) is 3. The first-order valence-corrected chi connectivity index (χ1v) is 6.90. The summed E-state index contributed by atoms with van der Waals surface area (Å²) in [4.78, 5) is 11.3. The average Bonchev–Trinajstić information content (AvgIpc) is 2.53. The second-order valence-electron chi connectivity index (χ2n) is 4.87. The van der Waals surface area contributed by atoms with Gasteiger partial charge in [-0.25, -0.2) is 4.79 Å². The Morgan fingerprint density at radius 3 is 2.14 bits per heavy atom. The molecule has 0 aliphatic rings. The van der Waals surface area contributed by atoms with Gasteiger partial charge in [0, 0.05) is 10.8 Å². The maximum Gasteiger partial charge on any atom is 0.499 e. The molecule has 4 aromatic carbocycles. The van der Waals surface area contributed by atoms with E-state index in [4.69, 9.17) is 4.74 Å². The molecule has 4 heteroatoms. The Hall–Kier alpha value is -2.59. The van der Waals surface area contributed by atoms with Gasteiger partial charge in [0.05, 0.1) is 0 Å². The third-order valence-corrected chi connectivity index (χ3v) is 3.93. The van der Waals surface area contributed by atoms with E-state index in [1.165, 1.54) is 16.2 Å². The van der Waals surface area contributed by atoms with Gasteiger partial charge in [-0.15, -0.1) is 0 Å². The maximum absolute atomic E-state index is 11.3. The van der Waals surface area contributed by atoms with Gasteiger partial charge < -0.3 is 9.16 Å². The Morgan fingerprint density at radius 1 is 0.810 bits per heavy atom. The molecule has 0 amide bonds. The third-order valence-electron chi connectivity index (χ3n) is 3.77. The Balaban J connectivity index is 2.13. The summed E-state index contributed by atoms with van der Waals surface area (Å²) in [6.07, 6.45) is -0.790. The molecule has 4 aromatic rings. The summed E-state index contributed by atoms with van der Waals surface area (Å²) in [6.45, 7) is 0. The highest BCUT2D eigenvalue weighted by molar-refractivity contribution is 6.24. The minimum absolute atomic E-state index is 0.490. The monoisotopic (exact) mass is 289 g/mol. The van der Waals surface area contributed by atoms with E-state index < -0.39 is 6.16 Å². The van der Waals surface area contributed by atoms with Crippen molar-refractivity contribution in [2.75, 3.05) is 0 Å². The summed E-state index contributed by atoms with van der Waals surface area (Å²) in [7, 11) is 2.68. The van der Waals surface area contributed by atoms with Crippen LogP contribution in [0.3, 0.4) is 0 Å². The van der Waals surface area contributed by atoms with Gasteiger partial charge in [0.25, 0.3) is 0 Å². The van der Waals surface area contributed by atoms with Gasteiger partial charge in [0.2, 0.25) is 0 Å². The lowest BCUT2D eigenvalue weighted by molar-refractivity contribution is 0.156. The van der Waals surface area contributed by atoms with E-state index in [-0.39, 0.29) is 0 Å². The summed E-state index contributed by atoms with van der Waals surface area (Å²) in [5.41, 5.74) is 0. The Labute approximate surface area is 124 Å². The van der Waals surface area contributed by atoms with Gasteiger partial charge in [-0.1, -0.05) is 42.5 Å². The van der Waals surface area contributed by atoms with Crippen LogP contribution in [0.4, 0.5) is 4.79 Å². The van der Waals surface area contributed by atoms with Crippen LogP contribution in [0.1, 0.15) is 0 Å². The highest BCUT2D eigenvalue weighted by atomic mass is 28.2. The largest absolute Gasteiger partial charge is 0.499 e. The number of carbonyl (C=O) groups is 1. The number of ether oxygens (including phenoxy) is 1. The maximum atomic E-state index is 11.3. The SMILES string of the molecule is O=C(O[Si])Oc1ccc2ccc3cccc4ccc1c2c34. The minimum atomic E-state index is -0.790. The van der Waals surface area contributed by atoms with Crippen LogP contribution in [-0.4, -0.2) is 16.6 Å². The van der Waals surface area contributed by atoms with Crippen LogP contribution in [0.25, 0.3) is 32.3 Å². The molecule has 0 saturated heterocycles.